The van der Waals surface area contributed by atoms with E-state index in [4.69, 9.17) is 14.2 Å². The van der Waals surface area contributed by atoms with Gasteiger partial charge in [-0.2, -0.15) is 0 Å². The zero-order valence-electron chi connectivity index (χ0n) is 18.3. The number of nitrogens with one attached hydrogen (secondary N) is 2. The zero-order valence-corrected chi connectivity index (χ0v) is 19.1. The van der Waals surface area contributed by atoms with Crippen LogP contribution in [0.4, 0.5) is 0 Å². The SMILES string of the molecule is CCCOc1ccc(/C=C/C(=O)OCC(=O)NNC(=O)Cc2nc(C)cs2)cc1OCC. The molecule has 2 aromatic rings. The van der Waals surface area contributed by atoms with Gasteiger partial charge in [0.25, 0.3) is 5.91 Å². The van der Waals surface area contributed by atoms with Gasteiger partial charge in [-0.15, -0.1) is 11.3 Å². The molecule has 10 heteroatoms. The molecule has 9 nitrogen and oxygen atoms in total. The molecule has 2 amide bonds. The number of amides is 2. The predicted octanol–water partition coefficient (Wildman–Crippen LogP) is 2.59. The molecule has 0 bridgehead atoms. The maximum atomic E-state index is 11.9. The molecule has 2 rings (SSSR count). The summed E-state index contributed by atoms with van der Waals surface area (Å²) >= 11 is 1.36. The Morgan fingerprint density at radius 2 is 1.88 bits per heavy atom. The highest BCUT2D eigenvalue weighted by Gasteiger charge is 2.10. The first-order valence-corrected chi connectivity index (χ1v) is 11.0. The Kier molecular flexibility index (Phi) is 10.2. The number of thiazole rings is 1. The molecule has 172 valence electrons. The normalized spacial score (nSPS) is 10.6. The van der Waals surface area contributed by atoms with E-state index in [1.165, 1.54) is 17.4 Å². The van der Waals surface area contributed by atoms with Crippen LogP contribution in [0, 0.1) is 6.92 Å². The van der Waals surface area contributed by atoms with Crippen molar-refractivity contribution in [3.05, 3.63) is 45.9 Å². The molecular formula is C22H27N3O6S. The number of hydrogen-bond acceptors (Lipinski definition) is 8. The van der Waals surface area contributed by atoms with E-state index < -0.39 is 24.4 Å². The monoisotopic (exact) mass is 461 g/mol. The lowest BCUT2D eigenvalue weighted by molar-refractivity contribution is -0.144. The predicted molar refractivity (Wildman–Crippen MR) is 120 cm³/mol. The van der Waals surface area contributed by atoms with E-state index in [-0.39, 0.29) is 6.42 Å². The molecule has 0 saturated carbocycles. The van der Waals surface area contributed by atoms with E-state index in [2.05, 4.69) is 15.8 Å². The van der Waals surface area contributed by atoms with Crippen molar-refractivity contribution in [3.8, 4) is 11.5 Å². The first-order valence-electron chi connectivity index (χ1n) is 10.1. The maximum Gasteiger partial charge on any atom is 0.331 e. The fourth-order valence-corrected chi connectivity index (χ4v) is 3.19. The van der Waals surface area contributed by atoms with Crippen molar-refractivity contribution in [3.63, 3.8) is 0 Å². The largest absolute Gasteiger partial charge is 0.490 e. The number of hydrazine groups is 1. The number of aromatic nitrogens is 1. The summed E-state index contributed by atoms with van der Waals surface area (Å²) in [6, 6.07) is 5.31. The van der Waals surface area contributed by atoms with Crippen molar-refractivity contribution in [2.24, 2.45) is 0 Å². The van der Waals surface area contributed by atoms with Gasteiger partial charge in [0.15, 0.2) is 18.1 Å². The van der Waals surface area contributed by atoms with E-state index in [0.717, 1.165) is 12.1 Å². The van der Waals surface area contributed by atoms with Crippen molar-refractivity contribution in [1.29, 1.82) is 0 Å². The molecule has 0 fully saturated rings. The molecule has 1 heterocycles. The Morgan fingerprint density at radius 3 is 2.56 bits per heavy atom. The smallest absolute Gasteiger partial charge is 0.331 e. The van der Waals surface area contributed by atoms with Crippen molar-refractivity contribution in [2.45, 2.75) is 33.6 Å². The van der Waals surface area contributed by atoms with Gasteiger partial charge in [0, 0.05) is 17.2 Å². The third-order valence-corrected chi connectivity index (χ3v) is 4.77. The maximum absolute atomic E-state index is 11.9. The van der Waals surface area contributed by atoms with Crippen LogP contribution in [0.5, 0.6) is 11.5 Å². The number of benzene rings is 1. The number of carbonyl (C=O) groups excluding carboxylic acids is 3. The summed E-state index contributed by atoms with van der Waals surface area (Å²) < 4.78 is 16.1. The second-order valence-corrected chi connectivity index (χ2v) is 7.53. The standard InChI is InChI=1S/C22H27N3O6S/c1-4-10-30-17-8-6-16(11-18(17)29-5-2)7-9-22(28)31-13-20(27)25-24-19(26)12-21-23-15(3)14-32-21/h6-9,11,14H,4-5,10,12-13H2,1-3H3,(H,24,26)(H,25,27)/b9-7+. The third-order valence-electron chi connectivity index (χ3n) is 3.81. The van der Waals surface area contributed by atoms with E-state index in [1.54, 1.807) is 24.3 Å². The quantitative estimate of drug-likeness (QED) is 0.300. The number of hydrogen-bond donors (Lipinski definition) is 2. The van der Waals surface area contributed by atoms with E-state index in [1.807, 2.05) is 26.2 Å². The molecule has 0 saturated heterocycles. The van der Waals surface area contributed by atoms with Crippen LogP contribution in [0.3, 0.4) is 0 Å². The van der Waals surface area contributed by atoms with Crippen LogP contribution in [-0.2, 0) is 25.5 Å². The highest BCUT2D eigenvalue weighted by molar-refractivity contribution is 7.09. The summed E-state index contributed by atoms with van der Waals surface area (Å²) in [6.45, 7) is 6.24. The van der Waals surface area contributed by atoms with Crippen LogP contribution in [0.25, 0.3) is 6.08 Å². The van der Waals surface area contributed by atoms with Crippen LogP contribution in [0.15, 0.2) is 29.7 Å². The van der Waals surface area contributed by atoms with Gasteiger partial charge in [-0.1, -0.05) is 13.0 Å². The molecule has 2 N–H and O–H groups in total. The minimum Gasteiger partial charge on any atom is -0.490 e. The van der Waals surface area contributed by atoms with Crippen LogP contribution in [0.2, 0.25) is 0 Å². The number of esters is 1. The Morgan fingerprint density at radius 1 is 1.09 bits per heavy atom. The summed E-state index contributed by atoms with van der Waals surface area (Å²) in [6.07, 6.45) is 3.67. The summed E-state index contributed by atoms with van der Waals surface area (Å²) in [7, 11) is 0. The zero-order chi connectivity index (χ0) is 23.3. The van der Waals surface area contributed by atoms with E-state index >= 15 is 0 Å². The average molecular weight is 462 g/mol. The fourth-order valence-electron chi connectivity index (χ4n) is 2.42. The van der Waals surface area contributed by atoms with Crippen molar-refractivity contribution in [1.82, 2.24) is 15.8 Å². The Labute approximate surface area is 190 Å². The number of ether oxygens (including phenoxy) is 3. The van der Waals surface area contributed by atoms with Gasteiger partial charge in [-0.25, -0.2) is 9.78 Å². The first-order chi connectivity index (χ1) is 15.4. The van der Waals surface area contributed by atoms with Crippen molar-refractivity contribution >= 4 is 35.2 Å². The van der Waals surface area contributed by atoms with Gasteiger partial charge in [0.1, 0.15) is 5.01 Å². The second-order valence-electron chi connectivity index (χ2n) is 6.58. The van der Waals surface area contributed by atoms with Gasteiger partial charge in [0.05, 0.1) is 19.6 Å². The van der Waals surface area contributed by atoms with Gasteiger partial charge >= 0.3 is 5.97 Å². The molecule has 1 aromatic heterocycles. The number of rotatable bonds is 11. The highest BCUT2D eigenvalue weighted by Crippen LogP contribution is 2.29. The number of aryl methyl sites for hydroxylation is 1. The van der Waals surface area contributed by atoms with E-state index in [9.17, 15) is 14.4 Å². The highest BCUT2D eigenvalue weighted by atomic mass is 32.1. The minimum atomic E-state index is -0.700. The topological polar surface area (TPSA) is 116 Å². The molecular weight excluding hydrogens is 434 g/mol. The lowest BCUT2D eigenvalue weighted by Crippen LogP contribution is -2.44. The van der Waals surface area contributed by atoms with Crippen molar-refractivity contribution < 1.29 is 28.6 Å². The van der Waals surface area contributed by atoms with Crippen LogP contribution in [-0.4, -0.2) is 42.6 Å². The van der Waals surface area contributed by atoms with E-state index in [0.29, 0.717) is 35.3 Å². The fraction of sp³-hybridized carbons (Fsp3) is 0.364. The molecule has 0 aliphatic heterocycles. The van der Waals surface area contributed by atoms with Gasteiger partial charge < -0.3 is 14.2 Å². The van der Waals surface area contributed by atoms with Crippen LogP contribution in [0.1, 0.15) is 36.5 Å². The van der Waals surface area contributed by atoms with Crippen LogP contribution < -0.4 is 20.3 Å². The molecule has 0 unspecified atom stereocenters. The van der Waals surface area contributed by atoms with Gasteiger partial charge in [-0.3, -0.25) is 20.4 Å². The summed E-state index contributed by atoms with van der Waals surface area (Å²) in [5.74, 6) is -0.562. The number of nitrogens with zero attached hydrogens (tertiary/aromatic N) is 1. The van der Waals surface area contributed by atoms with Gasteiger partial charge in [-0.05, 0) is 44.0 Å². The Balaban J connectivity index is 1.77. The summed E-state index contributed by atoms with van der Waals surface area (Å²) in [5, 5.41) is 2.48. The Bertz CT molecular complexity index is 957. The second kappa shape index (κ2) is 13.1. The molecule has 1 aromatic carbocycles. The first kappa shape index (κ1) is 24.9. The summed E-state index contributed by atoms with van der Waals surface area (Å²) in [4.78, 5) is 39.6. The molecule has 0 radical (unpaired) electrons. The average Bonchev–Trinajstić information content (AvgIpc) is 3.18. The van der Waals surface area contributed by atoms with Gasteiger partial charge in [0.2, 0.25) is 5.91 Å². The molecule has 0 atom stereocenters. The minimum absolute atomic E-state index is 0.0489. The van der Waals surface area contributed by atoms with Crippen molar-refractivity contribution in [2.75, 3.05) is 19.8 Å². The Hall–Kier alpha value is -3.40. The molecule has 0 spiro atoms. The summed E-state index contributed by atoms with van der Waals surface area (Å²) in [5.41, 5.74) is 5.98. The molecule has 0 aliphatic carbocycles. The van der Waals surface area contributed by atoms with Crippen LogP contribution >= 0.6 is 11.3 Å². The lowest BCUT2D eigenvalue weighted by atomic mass is 10.2. The number of carbonyl (C=O) groups is 3. The lowest BCUT2D eigenvalue weighted by Gasteiger charge is -2.12. The molecule has 32 heavy (non-hydrogen) atoms. The third kappa shape index (κ3) is 8.76. The molecule has 0 aliphatic rings.